The van der Waals surface area contributed by atoms with Crippen molar-refractivity contribution in [1.29, 1.82) is 0 Å². The summed E-state index contributed by atoms with van der Waals surface area (Å²) in [6.45, 7) is 0. The van der Waals surface area contributed by atoms with E-state index in [2.05, 4.69) is 9.68 Å². The highest BCUT2D eigenvalue weighted by atomic mass is 19.1. The van der Waals surface area contributed by atoms with Crippen LogP contribution in [-0.4, -0.2) is 16.2 Å². The molecule has 0 unspecified atom stereocenters. The lowest BCUT2D eigenvalue weighted by Crippen LogP contribution is -1.92. The molecule has 3 rings (SSSR count). The Hall–Kier alpha value is -2.17. The van der Waals surface area contributed by atoms with Crippen molar-refractivity contribution < 1.29 is 18.8 Å². The van der Waals surface area contributed by atoms with E-state index in [4.69, 9.17) is 5.11 Å². The normalized spacial score (nSPS) is 13.6. The molecule has 1 aliphatic carbocycles. The second kappa shape index (κ2) is 3.94. The third-order valence-corrected chi connectivity index (χ3v) is 3.18. The molecule has 0 aliphatic heterocycles. The fourth-order valence-electron chi connectivity index (χ4n) is 2.29. The molecule has 1 aromatic carbocycles. The van der Waals surface area contributed by atoms with Crippen LogP contribution < -0.4 is 0 Å². The zero-order chi connectivity index (χ0) is 12.7. The van der Waals surface area contributed by atoms with Crippen molar-refractivity contribution in [3.63, 3.8) is 0 Å². The predicted octanol–water partition coefficient (Wildman–Crippen LogP) is 2.67. The number of benzene rings is 1. The van der Waals surface area contributed by atoms with E-state index in [1.807, 2.05) is 0 Å². The molecule has 5 heteroatoms. The van der Waals surface area contributed by atoms with Gasteiger partial charge in [0.15, 0.2) is 0 Å². The van der Waals surface area contributed by atoms with Crippen LogP contribution in [0.25, 0.3) is 11.3 Å². The molecular weight excluding hydrogens is 237 g/mol. The van der Waals surface area contributed by atoms with Gasteiger partial charge in [-0.1, -0.05) is 5.16 Å². The Morgan fingerprint density at radius 3 is 2.67 bits per heavy atom. The molecule has 1 N–H and O–H groups in total. The summed E-state index contributed by atoms with van der Waals surface area (Å²) in [4.78, 5) is 10.7. The molecule has 0 saturated carbocycles. The Kier molecular flexibility index (Phi) is 2.40. The summed E-state index contributed by atoms with van der Waals surface area (Å²) in [5, 5.41) is 12.3. The van der Waals surface area contributed by atoms with Gasteiger partial charge in [-0.2, -0.15) is 0 Å². The second-order valence-electron chi connectivity index (χ2n) is 4.34. The van der Waals surface area contributed by atoms with E-state index in [0.717, 1.165) is 30.4 Å². The van der Waals surface area contributed by atoms with E-state index in [9.17, 15) is 9.18 Å². The SMILES string of the molecule is O=C(O)c1cc(-c2cc3c(cc2F)CCC3)no1. The molecule has 4 nitrogen and oxygen atoms in total. The number of carboxylic acids is 1. The molecule has 92 valence electrons. The minimum Gasteiger partial charge on any atom is -0.475 e. The first kappa shape index (κ1) is 11.0. The lowest BCUT2D eigenvalue weighted by atomic mass is 10.0. The zero-order valence-electron chi connectivity index (χ0n) is 9.44. The quantitative estimate of drug-likeness (QED) is 0.886. The summed E-state index contributed by atoms with van der Waals surface area (Å²) in [7, 11) is 0. The lowest BCUT2D eigenvalue weighted by molar-refractivity contribution is 0.0652. The van der Waals surface area contributed by atoms with Crippen LogP contribution in [0.4, 0.5) is 4.39 Å². The molecule has 0 spiro atoms. The van der Waals surface area contributed by atoms with Crippen molar-refractivity contribution in [2.45, 2.75) is 19.3 Å². The van der Waals surface area contributed by atoms with Gasteiger partial charge in [0, 0.05) is 11.6 Å². The maximum atomic E-state index is 13.9. The average Bonchev–Trinajstić information content (AvgIpc) is 2.94. The zero-order valence-corrected chi connectivity index (χ0v) is 9.44. The highest BCUT2D eigenvalue weighted by Crippen LogP contribution is 2.30. The fourth-order valence-corrected chi connectivity index (χ4v) is 2.29. The molecule has 1 aromatic heterocycles. The number of hydrogen-bond acceptors (Lipinski definition) is 3. The van der Waals surface area contributed by atoms with Crippen LogP contribution >= 0.6 is 0 Å². The standard InChI is InChI=1S/C13H10FNO3/c14-10-5-8-3-1-2-7(8)4-9(10)11-6-12(13(16)17)18-15-11/h4-6H,1-3H2,(H,16,17). The van der Waals surface area contributed by atoms with E-state index < -0.39 is 5.97 Å². The van der Waals surface area contributed by atoms with E-state index in [1.165, 1.54) is 12.1 Å². The molecule has 1 heterocycles. The van der Waals surface area contributed by atoms with Crippen molar-refractivity contribution in [3.05, 3.63) is 40.9 Å². The summed E-state index contributed by atoms with van der Waals surface area (Å²) >= 11 is 0. The predicted molar refractivity (Wildman–Crippen MR) is 60.9 cm³/mol. The van der Waals surface area contributed by atoms with Crippen LogP contribution in [-0.2, 0) is 12.8 Å². The molecule has 0 fully saturated rings. The maximum absolute atomic E-state index is 13.9. The Morgan fingerprint density at radius 2 is 2.00 bits per heavy atom. The summed E-state index contributed by atoms with van der Waals surface area (Å²) < 4.78 is 18.6. The first-order valence-electron chi connectivity index (χ1n) is 5.67. The largest absolute Gasteiger partial charge is 0.475 e. The van der Waals surface area contributed by atoms with Crippen molar-refractivity contribution >= 4 is 5.97 Å². The van der Waals surface area contributed by atoms with Crippen LogP contribution in [0.1, 0.15) is 28.1 Å². The van der Waals surface area contributed by atoms with Crippen molar-refractivity contribution in [2.75, 3.05) is 0 Å². The minimum absolute atomic E-state index is 0.222. The van der Waals surface area contributed by atoms with E-state index >= 15 is 0 Å². The average molecular weight is 247 g/mol. The molecule has 0 atom stereocenters. The third-order valence-electron chi connectivity index (χ3n) is 3.18. The van der Waals surface area contributed by atoms with Crippen LogP contribution in [0.3, 0.4) is 0 Å². The molecule has 0 saturated heterocycles. The van der Waals surface area contributed by atoms with Gasteiger partial charge in [-0.3, -0.25) is 0 Å². The fraction of sp³-hybridized carbons (Fsp3) is 0.231. The van der Waals surface area contributed by atoms with Crippen molar-refractivity contribution in [1.82, 2.24) is 5.16 Å². The van der Waals surface area contributed by atoms with Crippen molar-refractivity contribution in [3.8, 4) is 11.3 Å². The Morgan fingerprint density at radius 1 is 1.28 bits per heavy atom. The number of halogens is 1. The minimum atomic E-state index is -1.21. The number of nitrogens with zero attached hydrogens (tertiary/aromatic N) is 1. The van der Waals surface area contributed by atoms with Crippen LogP contribution in [0.15, 0.2) is 22.7 Å². The highest BCUT2D eigenvalue weighted by Gasteiger charge is 2.19. The van der Waals surface area contributed by atoms with Gasteiger partial charge in [-0.05, 0) is 42.5 Å². The molecule has 0 amide bonds. The summed E-state index contributed by atoms with van der Waals surface area (Å²) in [5.74, 6) is -1.89. The van der Waals surface area contributed by atoms with Gasteiger partial charge in [0.25, 0.3) is 0 Å². The molecule has 0 bridgehead atoms. The summed E-state index contributed by atoms with van der Waals surface area (Å²) in [5.41, 5.74) is 2.65. The van der Waals surface area contributed by atoms with Gasteiger partial charge < -0.3 is 9.63 Å². The topological polar surface area (TPSA) is 63.3 Å². The van der Waals surface area contributed by atoms with E-state index in [1.54, 1.807) is 6.07 Å². The maximum Gasteiger partial charge on any atom is 0.374 e. The van der Waals surface area contributed by atoms with Crippen LogP contribution in [0.2, 0.25) is 0 Å². The number of fused-ring (bicyclic) bond motifs is 1. The molecule has 1 aliphatic rings. The van der Waals surface area contributed by atoms with Crippen LogP contribution in [0, 0.1) is 5.82 Å². The number of carboxylic acid groups (broad SMARTS) is 1. The van der Waals surface area contributed by atoms with Gasteiger partial charge in [0.05, 0.1) is 0 Å². The molecule has 0 radical (unpaired) electrons. The number of aromatic nitrogens is 1. The lowest BCUT2D eigenvalue weighted by Gasteiger charge is -2.03. The van der Waals surface area contributed by atoms with E-state index in [-0.39, 0.29) is 17.3 Å². The smallest absolute Gasteiger partial charge is 0.374 e. The van der Waals surface area contributed by atoms with Gasteiger partial charge >= 0.3 is 5.97 Å². The number of aryl methyl sites for hydroxylation is 2. The number of hydrogen-bond donors (Lipinski definition) is 1. The Bertz CT molecular complexity index is 633. The van der Waals surface area contributed by atoms with Crippen molar-refractivity contribution in [2.24, 2.45) is 0 Å². The Labute approximate surface area is 102 Å². The summed E-state index contributed by atoms with van der Waals surface area (Å²) in [6, 6.07) is 4.48. The monoisotopic (exact) mass is 247 g/mol. The van der Waals surface area contributed by atoms with Gasteiger partial charge in [-0.15, -0.1) is 0 Å². The molecular formula is C13H10FNO3. The van der Waals surface area contributed by atoms with Crippen LogP contribution in [0.5, 0.6) is 0 Å². The van der Waals surface area contributed by atoms with Gasteiger partial charge in [-0.25, -0.2) is 9.18 Å². The molecule has 18 heavy (non-hydrogen) atoms. The molecule has 2 aromatic rings. The Balaban J connectivity index is 2.08. The first-order chi connectivity index (χ1) is 8.65. The van der Waals surface area contributed by atoms with Gasteiger partial charge in [0.1, 0.15) is 11.5 Å². The number of aromatic carboxylic acids is 1. The van der Waals surface area contributed by atoms with Gasteiger partial charge in [0.2, 0.25) is 5.76 Å². The summed E-state index contributed by atoms with van der Waals surface area (Å²) in [6.07, 6.45) is 2.84. The first-order valence-corrected chi connectivity index (χ1v) is 5.67. The van der Waals surface area contributed by atoms with E-state index in [0.29, 0.717) is 5.56 Å². The highest BCUT2D eigenvalue weighted by molar-refractivity contribution is 5.85. The second-order valence-corrected chi connectivity index (χ2v) is 4.34. The number of rotatable bonds is 2. The number of carbonyl (C=O) groups is 1. The third kappa shape index (κ3) is 1.68.